The molecule has 131 valence electrons. The van der Waals surface area contributed by atoms with Crippen LogP contribution in [-0.2, 0) is 39.0 Å². The molecule has 0 saturated carbocycles. The molecule has 6 nitrogen and oxygen atoms in total. The van der Waals surface area contributed by atoms with Gasteiger partial charge in [-0.3, -0.25) is 9.88 Å². The van der Waals surface area contributed by atoms with E-state index in [9.17, 15) is 0 Å². The fraction of sp³-hybridized carbons (Fsp3) is 0.500. The zero-order valence-corrected chi connectivity index (χ0v) is 15.6. The van der Waals surface area contributed by atoms with Crippen LogP contribution in [0.4, 0.5) is 0 Å². The van der Waals surface area contributed by atoms with Crippen molar-refractivity contribution in [1.29, 1.82) is 0 Å². The molecule has 0 spiro atoms. The second-order valence-corrected chi connectivity index (χ2v) is 5.37. The zero-order valence-electron chi connectivity index (χ0n) is 13.1. The molecule has 9 heteroatoms. The first kappa shape index (κ1) is 20.3. The summed E-state index contributed by atoms with van der Waals surface area (Å²) in [5.74, 6) is 0. The maximum atomic E-state index is 5.34. The zero-order chi connectivity index (χ0) is 17.1. The molecule has 1 aliphatic heterocycles. The maximum absolute atomic E-state index is 5.34. The standard InChI is InChI=1S/C14H21N5OS.ClH.Cu/c1-18(2)14(21)17-16-10-13-4-3-12(9-15-13)11-19-5-7-20-8-6-19;;/h3-4,9-10H,5-8,11H2,1-2H3,(H,17,21);1H;/q;;+2/p-2/b16-10+;;. The monoisotopic (exact) mass is 404 g/mol. The van der Waals surface area contributed by atoms with Crippen molar-refractivity contribution in [3.8, 4) is 0 Å². The van der Waals surface area contributed by atoms with Crippen LogP contribution in [0.5, 0.6) is 0 Å². The quantitative estimate of drug-likeness (QED) is 0.249. The first-order chi connectivity index (χ1) is 11.1. The van der Waals surface area contributed by atoms with Gasteiger partial charge in [0.15, 0.2) is 0 Å². The second-order valence-electron chi connectivity index (χ2n) is 5.00. The minimum atomic E-state index is 0.440. The molecule has 1 aromatic rings. The van der Waals surface area contributed by atoms with Gasteiger partial charge in [0.25, 0.3) is 0 Å². The Labute approximate surface area is 155 Å². The molecular formula is C14H20ClCuN5OS. The summed E-state index contributed by atoms with van der Waals surface area (Å²) in [5.41, 5.74) is 1.96. The predicted molar refractivity (Wildman–Crippen MR) is 92.3 cm³/mol. The number of hydrogen-bond donors (Lipinski definition) is 0. The Bertz CT molecular complexity index is 506. The first-order valence-electron chi connectivity index (χ1n) is 6.97. The van der Waals surface area contributed by atoms with Gasteiger partial charge in [-0.2, -0.15) is 10.2 Å². The van der Waals surface area contributed by atoms with Crippen molar-refractivity contribution in [3.05, 3.63) is 29.6 Å². The van der Waals surface area contributed by atoms with Gasteiger partial charge < -0.3 is 22.3 Å². The fourth-order valence-corrected chi connectivity index (χ4v) is 1.90. The normalized spacial score (nSPS) is 16.1. The van der Waals surface area contributed by atoms with Crippen molar-refractivity contribution in [3.63, 3.8) is 0 Å². The van der Waals surface area contributed by atoms with Crippen LogP contribution in [0.1, 0.15) is 11.3 Å². The molecule has 1 saturated heterocycles. The Hall–Kier alpha value is -0.761. The van der Waals surface area contributed by atoms with E-state index in [1.807, 2.05) is 26.4 Å². The van der Waals surface area contributed by atoms with Crippen LogP contribution < -0.4 is 0 Å². The third kappa shape index (κ3) is 8.06. The minimum absolute atomic E-state index is 0.440. The summed E-state index contributed by atoms with van der Waals surface area (Å²) < 4.78 is 5.34. The van der Waals surface area contributed by atoms with Gasteiger partial charge in [0, 0.05) is 45.1 Å². The molecule has 1 aromatic heterocycles. The number of pyridine rings is 1. The van der Waals surface area contributed by atoms with E-state index in [4.69, 9.17) is 17.4 Å². The van der Waals surface area contributed by atoms with Gasteiger partial charge >= 0.3 is 25.2 Å². The number of morpholine rings is 1. The van der Waals surface area contributed by atoms with Crippen LogP contribution in [-0.4, -0.2) is 66.6 Å². The van der Waals surface area contributed by atoms with Crippen LogP contribution in [0.25, 0.3) is 0 Å². The third-order valence-electron chi connectivity index (χ3n) is 3.07. The molecule has 0 unspecified atom stereocenters. The number of nitrogens with zero attached hydrogens (tertiary/aromatic N) is 5. The van der Waals surface area contributed by atoms with Gasteiger partial charge in [-0.15, -0.1) is 0 Å². The molecule has 0 aromatic carbocycles. The molecule has 0 atom stereocenters. The molecule has 1 aliphatic rings. The van der Waals surface area contributed by atoms with Crippen LogP contribution in [0.3, 0.4) is 0 Å². The van der Waals surface area contributed by atoms with Gasteiger partial charge in [-0.05, 0) is 11.6 Å². The summed E-state index contributed by atoms with van der Waals surface area (Å²) in [6.45, 7) is 4.48. The number of halogens is 1. The molecule has 23 heavy (non-hydrogen) atoms. The van der Waals surface area contributed by atoms with Crippen molar-refractivity contribution < 1.29 is 19.8 Å². The van der Waals surface area contributed by atoms with E-state index in [1.54, 1.807) is 11.1 Å². The fourth-order valence-electron chi connectivity index (χ4n) is 1.85. The summed E-state index contributed by atoms with van der Waals surface area (Å²) in [4.78, 5) is 8.45. The summed E-state index contributed by atoms with van der Waals surface area (Å²) in [7, 11) is 7.87. The number of hydrogen-bond acceptors (Lipinski definition) is 6. The predicted octanol–water partition coefficient (Wildman–Crippen LogP) is 1.40. The molecule has 2 heterocycles. The molecule has 0 bridgehead atoms. The van der Waals surface area contributed by atoms with Crippen molar-refractivity contribution in [2.45, 2.75) is 6.54 Å². The van der Waals surface area contributed by atoms with E-state index in [1.165, 1.54) is 5.56 Å². The van der Waals surface area contributed by atoms with E-state index >= 15 is 0 Å². The van der Waals surface area contributed by atoms with Crippen molar-refractivity contribution >= 4 is 34.1 Å². The van der Waals surface area contributed by atoms with Gasteiger partial charge in [0.2, 0.25) is 0 Å². The van der Waals surface area contributed by atoms with E-state index in [2.05, 4.69) is 51.4 Å². The van der Waals surface area contributed by atoms with Gasteiger partial charge in [0.05, 0.1) is 25.1 Å². The van der Waals surface area contributed by atoms with Crippen LogP contribution in [0.15, 0.2) is 28.5 Å². The van der Waals surface area contributed by atoms with Crippen LogP contribution in [0, 0.1) is 0 Å². The average molecular weight is 405 g/mol. The van der Waals surface area contributed by atoms with Gasteiger partial charge in [0.1, 0.15) is 0 Å². The topological polar surface area (TPSA) is 53.3 Å². The Kier molecular flexibility index (Phi) is 10.3. The van der Waals surface area contributed by atoms with Gasteiger partial charge in [-0.25, -0.2) is 0 Å². The van der Waals surface area contributed by atoms with Crippen molar-refractivity contribution in [2.24, 2.45) is 10.2 Å². The van der Waals surface area contributed by atoms with E-state index in [0.29, 0.717) is 5.17 Å². The first-order valence-corrected chi connectivity index (χ1v) is 8.67. The number of amidine groups is 1. The van der Waals surface area contributed by atoms with E-state index in [-0.39, 0.29) is 0 Å². The van der Waals surface area contributed by atoms with E-state index in [0.717, 1.165) is 38.5 Å². The molecule has 0 amide bonds. The molecule has 1 fully saturated rings. The Morgan fingerprint density at radius 2 is 2.13 bits per heavy atom. The summed E-state index contributed by atoms with van der Waals surface area (Å²) in [6.07, 6.45) is 3.48. The summed E-state index contributed by atoms with van der Waals surface area (Å²) >= 11 is 8.67. The summed E-state index contributed by atoms with van der Waals surface area (Å²) in [6, 6.07) is 4.00. The van der Waals surface area contributed by atoms with Gasteiger partial charge in [-0.1, -0.05) is 6.07 Å². The van der Waals surface area contributed by atoms with Crippen LogP contribution in [0.2, 0.25) is 0 Å². The molecule has 0 aliphatic carbocycles. The number of ether oxygens (including phenoxy) is 1. The third-order valence-corrected chi connectivity index (χ3v) is 3.52. The van der Waals surface area contributed by atoms with Crippen molar-refractivity contribution in [2.75, 3.05) is 40.4 Å². The molecular weight excluding hydrogens is 385 g/mol. The second kappa shape index (κ2) is 11.7. The molecule has 2 rings (SSSR count). The average Bonchev–Trinajstić information content (AvgIpc) is 2.59. The Balaban J connectivity index is 0.00000127. The molecule has 0 radical (unpaired) electrons. The number of aromatic nitrogens is 1. The Morgan fingerprint density at radius 1 is 1.43 bits per heavy atom. The van der Waals surface area contributed by atoms with E-state index < -0.39 is 0 Å². The Morgan fingerprint density at radius 3 is 2.70 bits per heavy atom. The SMILES string of the molecule is CN(C)/C([S-])=N/N=C/c1ccc(CN2CCOCC2)cn1.[Cl][Cu+]. The van der Waals surface area contributed by atoms with Crippen molar-refractivity contribution in [1.82, 2.24) is 14.8 Å². The van der Waals surface area contributed by atoms with Crippen LogP contribution >= 0.6 is 10.1 Å². The number of rotatable bonds is 4. The molecule has 0 N–H and O–H groups in total. The summed E-state index contributed by atoms with van der Waals surface area (Å²) in [5, 5.41) is 8.28.